The van der Waals surface area contributed by atoms with Gasteiger partial charge in [0.25, 0.3) is 0 Å². The number of aromatic nitrogens is 3. The zero-order valence-electron chi connectivity index (χ0n) is 8.43. The van der Waals surface area contributed by atoms with Crippen LogP contribution in [0.15, 0.2) is 24.7 Å². The van der Waals surface area contributed by atoms with Crippen molar-refractivity contribution in [3.05, 3.63) is 24.7 Å². The van der Waals surface area contributed by atoms with Crippen molar-refractivity contribution in [1.82, 2.24) is 19.9 Å². The van der Waals surface area contributed by atoms with Crippen LogP contribution in [0.4, 0.5) is 5.82 Å². The molecule has 2 aromatic rings. The van der Waals surface area contributed by atoms with Crippen molar-refractivity contribution in [1.29, 1.82) is 0 Å². The summed E-state index contributed by atoms with van der Waals surface area (Å²) in [5.74, 6) is 1.04. The minimum atomic E-state index is 1.01. The third kappa shape index (κ3) is 1.45. The molecule has 1 fully saturated rings. The predicted octanol–water partition coefficient (Wildman–Crippen LogP) is 0.139. The van der Waals surface area contributed by atoms with Crippen LogP contribution >= 0.6 is 0 Å². The summed E-state index contributed by atoms with van der Waals surface area (Å²) in [7, 11) is 0. The van der Waals surface area contributed by atoms with Gasteiger partial charge in [-0.3, -0.25) is 0 Å². The quantitative estimate of drug-likeness (QED) is 0.716. The van der Waals surface area contributed by atoms with Crippen LogP contribution in [-0.2, 0) is 0 Å². The number of nitrogens with one attached hydrogen (secondary N) is 1. The molecule has 0 bridgehead atoms. The van der Waals surface area contributed by atoms with E-state index in [2.05, 4.69) is 20.3 Å². The van der Waals surface area contributed by atoms with Crippen molar-refractivity contribution in [2.45, 2.75) is 0 Å². The molecule has 1 aliphatic rings. The van der Waals surface area contributed by atoms with Gasteiger partial charge in [-0.2, -0.15) is 5.10 Å². The summed E-state index contributed by atoms with van der Waals surface area (Å²) < 4.78 is 1.87. The predicted molar refractivity (Wildman–Crippen MR) is 58.1 cm³/mol. The lowest BCUT2D eigenvalue weighted by Gasteiger charge is -2.28. The largest absolute Gasteiger partial charge is 0.352 e. The fraction of sp³-hybridized carbons (Fsp3) is 0.400. The third-order valence-electron chi connectivity index (χ3n) is 2.72. The van der Waals surface area contributed by atoms with Gasteiger partial charge in [-0.15, -0.1) is 0 Å². The van der Waals surface area contributed by atoms with Crippen molar-refractivity contribution in [2.75, 3.05) is 31.1 Å². The van der Waals surface area contributed by atoms with Crippen LogP contribution in [0.1, 0.15) is 0 Å². The molecule has 5 nitrogen and oxygen atoms in total. The van der Waals surface area contributed by atoms with E-state index < -0.39 is 0 Å². The van der Waals surface area contributed by atoms with Gasteiger partial charge in [-0.1, -0.05) is 0 Å². The fourth-order valence-electron chi connectivity index (χ4n) is 1.96. The van der Waals surface area contributed by atoms with Gasteiger partial charge >= 0.3 is 0 Å². The Labute approximate surface area is 87.7 Å². The molecule has 2 aromatic heterocycles. The SMILES string of the molecule is c1cn2nccc2c(N2CCNCC2)n1. The summed E-state index contributed by atoms with van der Waals surface area (Å²) in [6.45, 7) is 4.07. The average molecular weight is 203 g/mol. The smallest absolute Gasteiger partial charge is 0.154 e. The van der Waals surface area contributed by atoms with Crippen molar-refractivity contribution in [2.24, 2.45) is 0 Å². The number of rotatable bonds is 1. The fourth-order valence-corrected chi connectivity index (χ4v) is 1.96. The Bertz CT molecular complexity index is 458. The standard InChI is InChI=1S/C10H13N5/c1-2-13-15-8-5-12-10(9(1)15)14-6-3-11-4-7-14/h1-2,5,8,11H,3-4,6-7H2. The Kier molecular flexibility index (Phi) is 2.03. The molecule has 3 heterocycles. The Morgan fingerprint density at radius 3 is 2.93 bits per heavy atom. The number of hydrogen-bond acceptors (Lipinski definition) is 4. The maximum absolute atomic E-state index is 4.44. The lowest BCUT2D eigenvalue weighted by molar-refractivity contribution is 0.585. The lowest BCUT2D eigenvalue weighted by Crippen LogP contribution is -2.44. The second-order valence-corrected chi connectivity index (χ2v) is 3.65. The highest BCUT2D eigenvalue weighted by Crippen LogP contribution is 2.17. The summed E-state index contributed by atoms with van der Waals surface area (Å²) in [5.41, 5.74) is 1.08. The molecule has 15 heavy (non-hydrogen) atoms. The molecule has 1 saturated heterocycles. The van der Waals surface area contributed by atoms with E-state index in [0.29, 0.717) is 0 Å². The molecule has 0 radical (unpaired) electrons. The van der Waals surface area contributed by atoms with E-state index >= 15 is 0 Å². The number of nitrogens with zero attached hydrogens (tertiary/aromatic N) is 4. The second-order valence-electron chi connectivity index (χ2n) is 3.65. The summed E-state index contributed by atoms with van der Waals surface area (Å²) in [4.78, 5) is 6.74. The zero-order valence-corrected chi connectivity index (χ0v) is 8.43. The van der Waals surface area contributed by atoms with Crippen LogP contribution < -0.4 is 10.2 Å². The third-order valence-corrected chi connectivity index (χ3v) is 2.72. The van der Waals surface area contributed by atoms with Crippen molar-refractivity contribution >= 4 is 11.3 Å². The van der Waals surface area contributed by atoms with Gasteiger partial charge in [0.2, 0.25) is 0 Å². The van der Waals surface area contributed by atoms with E-state index in [1.165, 1.54) is 0 Å². The van der Waals surface area contributed by atoms with Crippen LogP contribution in [-0.4, -0.2) is 40.8 Å². The highest BCUT2D eigenvalue weighted by Gasteiger charge is 2.14. The molecule has 0 aromatic carbocycles. The maximum Gasteiger partial charge on any atom is 0.154 e. The highest BCUT2D eigenvalue weighted by atomic mass is 15.3. The van der Waals surface area contributed by atoms with E-state index in [9.17, 15) is 0 Å². The Morgan fingerprint density at radius 2 is 2.07 bits per heavy atom. The first kappa shape index (κ1) is 8.67. The monoisotopic (exact) mass is 203 g/mol. The van der Waals surface area contributed by atoms with E-state index in [1.54, 1.807) is 6.20 Å². The first-order valence-electron chi connectivity index (χ1n) is 5.19. The molecule has 0 atom stereocenters. The molecule has 0 amide bonds. The zero-order chi connectivity index (χ0) is 10.1. The maximum atomic E-state index is 4.44. The van der Waals surface area contributed by atoms with Gasteiger partial charge in [-0.25, -0.2) is 9.50 Å². The average Bonchev–Trinajstić information content (AvgIpc) is 2.78. The van der Waals surface area contributed by atoms with Gasteiger partial charge in [0.15, 0.2) is 5.82 Å². The van der Waals surface area contributed by atoms with E-state index in [1.807, 2.05) is 23.0 Å². The van der Waals surface area contributed by atoms with Crippen molar-refractivity contribution in [3.63, 3.8) is 0 Å². The lowest BCUT2D eigenvalue weighted by atomic mass is 10.3. The molecule has 3 rings (SSSR count). The van der Waals surface area contributed by atoms with Gasteiger partial charge in [-0.05, 0) is 6.07 Å². The van der Waals surface area contributed by atoms with Crippen LogP contribution in [0.25, 0.3) is 5.52 Å². The van der Waals surface area contributed by atoms with Gasteiger partial charge in [0, 0.05) is 38.6 Å². The molecule has 1 N–H and O–H groups in total. The van der Waals surface area contributed by atoms with E-state index in [-0.39, 0.29) is 0 Å². The summed E-state index contributed by atoms with van der Waals surface area (Å²) >= 11 is 0. The number of hydrogen-bond donors (Lipinski definition) is 1. The number of fused-ring (bicyclic) bond motifs is 1. The van der Waals surface area contributed by atoms with Gasteiger partial charge < -0.3 is 10.2 Å². The Hall–Kier alpha value is -1.62. The van der Waals surface area contributed by atoms with Crippen molar-refractivity contribution in [3.8, 4) is 0 Å². The van der Waals surface area contributed by atoms with Crippen LogP contribution in [0.5, 0.6) is 0 Å². The first-order chi connectivity index (χ1) is 7.45. The summed E-state index contributed by atoms with van der Waals surface area (Å²) in [6, 6.07) is 2.00. The number of anilines is 1. The first-order valence-corrected chi connectivity index (χ1v) is 5.19. The molecule has 0 aliphatic carbocycles. The molecule has 1 aliphatic heterocycles. The molecule has 0 unspecified atom stereocenters. The molecule has 0 saturated carbocycles. The Morgan fingerprint density at radius 1 is 1.20 bits per heavy atom. The molecule has 0 spiro atoms. The minimum Gasteiger partial charge on any atom is -0.352 e. The number of piperazine rings is 1. The summed E-state index contributed by atoms with van der Waals surface area (Å²) in [6.07, 6.45) is 5.49. The van der Waals surface area contributed by atoms with Crippen molar-refractivity contribution < 1.29 is 0 Å². The van der Waals surface area contributed by atoms with Gasteiger partial charge in [0.1, 0.15) is 5.52 Å². The second kappa shape index (κ2) is 3.51. The van der Waals surface area contributed by atoms with E-state index in [4.69, 9.17) is 0 Å². The van der Waals surface area contributed by atoms with Crippen LogP contribution in [0.3, 0.4) is 0 Å². The molecule has 5 heteroatoms. The normalized spacial score (nSPS) is 17.2. The van der Waals surface area contributed by atoms with Crippen LogP contribution in [0.2, 0.25) is 0 Å². The molecular weight excluding hydrogens is 190 g/mol. The Balaban J connectivity index is 2.05. The molecule has 78 valence electrons. The molecular formula is C10H13N5. The van der Waals surface area contributed by atoms with E-state index in [0.717, 1.165) is 37.5 Å². The van der Waals surface area contributed by atoms with Gasteiger partial charge in [0.05, 0.1) is 6.20 Å². The summed E-state index contributed by atoms with van der Waals surface area (Å²) in [5, 5.41) is 7.54. The highest BCUT2D eigenvalue weighted by molar-refractivity contribution is 5.68. The topological polar surface area (TPSA) is 45.5 Å². The van der Waals surface area contributed by atoms with Crippen LogP contribution in [0, 0.1) is 0 Å². The minimum absolute atomic E-state index is 1.01.